The van der Waals surface area contributed by atoms with E-state index in [9.17, 15) is 4.79 Å². The molecule has 0 bridgehead atoms. The minimum atomic E-state index is -0.0629. The highest BCUT2D eigenvalue weighted by atomic mass is 16.1. The molecule has 0 unspecified atom stereocenters. The number of carbonyl (C=O) groups excluding carboxylic acids is 1. The fourth-order valence-electron chi connectivity index (χ4n) is 3.70. The van der Waals surface area contributed by atoms with Gasteiger partial charge in [-0.2, -0.15) is 0 Å². The van der Waals surface area contributed by atoms with E-state index in [4.69, 9.17) is 0 Å². The van der Waals surface area contributed by atoms with Crippen LogP contribution in [-0.4, -0.2) is 20.0 Å². The van der Waals surface area contributed by atoms with Crippen LogP contribution < -0.4 is 10.2 Å². The Morgan fingerprint density at radius 3 is 2.24 bits per heavy atom. The minimum Gasteiger partial charge on any atom is -0.378 e. The molecule has 0 saturated carbocycles. The van der Waals surface area contributed by atoms with Crippen molar-refractivity contribution in [1.29, 1.82) is 0 Å². The average molecular weight is 380 g/mol. The van der Waals surface area contributed by atoms with Crippen LogP contribution in [0.1, 0.15) is 23.6 Å². The van der Waals surface area contributed by atoms with E-state index in [2.05, 4.69) is 89.1 Å². The first-order chi connectivity index (χ1) is 14.0. The Balaban J connectivity index is 1.70. The molecule has 0 spiro atoms. The van der Waals surface area contributed by atoms with Crippen molar-refractivity contribution in [2.45, 2.75) is 6.92 Å². The largest absolute Gasteiger partial charge is 0.378 e. The monoisotopic (exact) mass is 380 g/mol. The van der Waals surface area contributed by atoms with Gasteiger partial charge in [-0.3, -0.25) is 4.79 Å². The van der Waals surface area contributed by atoms with Gasteiger partial charge < -0.3 is 10.2 Å². The quantitative estimate of drug-likeness (QED) is 0.483. The molecular formula is C26H24N2O. The van der Waals surface area contributed by atoms with Gasteiger partial charge in [-0.1, -0.05) is 60.7 Å². The number of fused-ring (bicyclic) bond motifs is 3. The fraction of sp³-hybridized carbons (Fsp3) is 0.115. The Kier molecular flexibility index (Phi) is 5.05. The number of nitrogens with zero attached hydrogens (tertiary/aromatic N) is 1. The number of amides is 1. The van der Waals surface area contributed by atoms with Crippen LogP contribution in [0, 0.1) is 0 Å². The summed E-state index contributed by atoms with van der Waals surface area (Å²) in [6.07, 6.45) is 6.36. The smallest absolute Gasteiger partial charge is 0.221 e. The third-order valence-corrected chi connectivity index (χ3v) is 5.10. The van der Waals surface area contributed by atoms with Crippen LogP contribution in [0.4, 0.5) is 11.4 Å². The highest BCUT2D eigenvalue weighted by Gasteiger charge is 2.22. The molecule has 0 aliphatic heterocycles. The molecule has 144 valence electrons. The molecular weight excluding hydrogens is 356 g/mol. The third kappa shape index (κ3) is 3.85. The lowest BCUT2D eigenvalue weighted by atomic mass is 10.0. The first-order valence-corrected chi connectivity index (χ1v) is 9.70. The molecule has 0 saturated heterocycles. The lowest BCUT2D eigenvalue weighted by molar-refractivity contribution is -0.114. The molecule has 0 fully saturated rings. The molecule has 0 atom stereocenters. The van der Waals surface area contributed by atoms with Gasteiger partial charge in [0.05, 0.1) is 0 Å². The van der Waals surface area contributed by atoms with Crippen molar-refractivity contribution >= 4 is 28.9 Å². The van der Waals surface area contributed by atoms with Gasteiger partial charge in [-0.25, -0.2) is 0 Å². The lowest BCUT2D eigenvalue weighted by Gasteiger charge is -2.11. The van der Waals surface area contributed by atoms with Crippen LogP contribution >= 0.6 is 0 Å². The predicted octanol–water partition coefficient (Wildman–Crippen LogP) is 5.84. The topological polar surface area (TPSA) is 32.3 Å². The number of allylic oxidation sites excluding steroid dienone is 2. The Bertz CT molecular complexity index is 1120. The number of benzene rings is 3. The van der Waals surface area contributed by atoms with E-state index in [0.29, 0.717) is 0 Å². The van der Waals surface area contributed by atoms with Crippen molar-refractivity contribution in [2.75, 3.05) is 24.3 Å². The summed E-state index contributed by atoms with van der Waals surface area (Å²) in [5.74, 6) is -0.0629. The normalized spacial score (nSPS) is 13.4. The van der Waals surface area contributed by atoms with Gasteiger partial charge >= 0.3 is 0 Å². The molecule has 1 N–H and O–H groups in total. The third-order valence-electron chi connectivity index (χ3n) is 5.10. The zero-order valence-corrected chi connectivity index (χ0v) is 16.9. The van der Waals surface area contributed by atoms with Crippen molar-refractivity contribution in [2.24, 2.45) is 0 Å². The van der Waals surface area contributed by atoms with Crippen LogP contribution in [0.5, 0.6) is 0 Å². The summed E-state index contributed by atoms with van der Waals surface area (Å²) in [7, 11) is 4.08. The number of anilines is 2. The summed E-state index contributed by atoms with van der Waals surface area (Å²) < 4.78 is 0. The molecule has 4 rings (SSSR count). The number of nitrogens with one attached hydrogen (secondary N) is 1. The molecule has 0 radical (unpaired) electrons. The maximum absolute atomic E-state index is 11.5. The number of hydrogen-bond acceptors (Lipinski definition) is 2. The Morgan fingerprint density at radius 2 is 1.55 bits per heavy atom. The molecule has 3 heteroatoms. The number of rotatable bonds is 4. The van der Waals surface area contributed by atoms with Crippen LogP contribution in [0.2, 0.25) is 0 Å². The summed E-state index contributed by atoms with van der Waals surface area (Å²) in [6, 6.07) is 23.0. The van der Waals surface area contributed by atoms with Gasteiger partial charge in [-0.15, -0.1) is 0 Å². The number of carbonyl (C=O) groups is 1. The molecule has 1 amide bonds. The highest BCUT2D eigenvalue weighted by molar-refractivity contribution is 6.03. The molecule has 3 aromatic rings. The van der Waals surface area contributed by atoms with E-state index >= 15 is 0 Å². The molecule has 29 heavy (non-hydrogen) atoms. The Hall–Kier alpha value is -3.59. The van der Waals surface area contributed by atoms with Crippen LogP contribution in [0.3, 0.4) is 0 Å². The maximum atomic E-state index is 11.5. The van der Waals surface area contributed by atoms with Crippen molar-refractivity contribution < 1.29 is 4.79 Å². The summed E-state index contributed by atoms with van der Waals surface area (Å²) in [5.41, 5.74) is 9.12. The summed E-state index contributed by atoms with van der Waals surface area (Å²) in [4.78, 5) is 13.6. The van der Waals surface area contributed by atoms with Gasteiger partial charge in [0.1, 0.15) is 0 Å². The Labute approximate surface area is 172 Å². The van der Waals surface area contributed by atoms with E-state index in [1.807, 2.05) is 20.2 Å². The highest BCUT2D eigenvalue weighted by Crippen LogP contribution is 2.45. The van der Waals surface area contributed by atoms with Gasteiger partial charge in [-0.05, 0) is 57.7 Å². The molecule has 1 aliphatic carbocycles. The molecule has 0 aromatic heterocycles. The van der Waals surface area contributed by atoms with Crippen molar-refractivity contribution in [1.82, 2.24) is 0 Å². The van der Waals surface area contributed by atoms with Crippen LogP contribution in [0.15, 0.2) is 78.9 Å². The Morgan fingerprint density at radius 1 is 0.862 bits per heavy atom. The SMILES string of the molecule is CC(=O)Nc1ccc2c(c1)C(=CC=Cc1ccc(N(C)C)cc1)c1ccccc1-2. The van der Waals surface area contributed by atoms with E-state index in [1.54, 1.807) is 0 Å². The minimum absolute atomic E-state index is 0.0629. The fourth-order valence-corrected chi connectivity index (χ4v) is 3.70. The van der Waals surface area contributed by atoms with Crippen molar-refractivity contribution in [3.8, 4) is 11.1 Å². The van der Waals surface area contributed by atoms with Gasteiger partial charge in [0.2, 0.25) is 5.91 Å². The molecule has 0 heterocycles. The van der Waals surface area contributed by atoms with Crippen LogP contribution in [0.25, 0.3) is 22.8 Å². The second-order valence-corrected chi connectivity index (χ2v) is 7.41. The second kappa shape index (κ2) is 7.80. The van der Waals surface area contributed by atoms with E-state index in [-0.39, 0.29) is 5.91 Å². The van der Waals surface area contributed by atoms with E-state index in [1.165, 1.54) is 34.9 Å². The molecule has 3 aromatic carbocycles. The number of hydrogen-bond donors (Lipinski definition) is 1. The first kappa shape index (κ1) is 18.8. The zero-order valence-electron chi connectivity index (χ0n) is 16.9. The van der Waals surface area contributed by atoms with E-state index in [0.717, 1.165) is 16.8 Å². The molecule has 3 nitrogen and oxygen atoms in total. The van der Waals surface area contributed by atoms with Gasteiger partial charge in [0.25, 0.3) is 0 Å². The zero-order chi connectivity index (χ0) is 20.4. The predicted molar refractivity (Wildman–Crippen MR) is 123 cm³/mol. The van der Waals surface area contributed by atoms with Crippen molar-refractivity contribution in [3.63, 3.8) is 0 Å². The molecule has 1 aliphatic rings. The summed E-state index contributed by atoms with van der Waals surface area (Å²) in [6.45, 7) is 1.53. The van der Waals surface area contributed by atoms with Gasteiger partial charge in [0.15, 0.2) is 0 Å². The second-order valence-electron chi connectivity index (χ2n) is 7.41. The van der Waals surface area contributed by atoms with Gasteiger partial charge in [0, 0.05) is 32.4 Å². The lowest BCUT2D eigenvalue weighted by Crippen LogP contribution is -2.07. The summed E-state index contributed by atoms with van der Waals surface area (Å²) >= 11 is 0. The maximum Gasteiger partial charge on any atom is 0.221 e. The average Bonchev–Trinajstić information content (AvgIpc) is 3.01. The standard InChI is InChI=1S/C26H24N2O/c1-18(29)27-20-13-16-25-23-9-5-4-8-22(23)24(26(25)17-20)10-6-7-19-11-14-21(15-12-19)28(2)3/h4-17H,1-3H3,(H,27,29). The summed E-state index contributed by atoms with van der Waals surface area (Å²) in [5, 5.41) is 2.89. The van der Waals surface area contributed by atoms with E-state index < -0.39 is 0 Å². The van der Waals surface area contributed by atoms with Crippen molar-refractivity contribution in [3.05, 3.63) is 95.6 Å². The van der Waals surface area contributed by atoms with Crippen LogP contribution in [-0.2, 0) is 4.79 Å². The first-order valence-electron chi connectivity index (χ1n) is 9.70.